The first-order chi connectivity index (χ1) is 2.00. The van der Waals surface area contributed by atoms with Gasteiger partial charge in [0.25, 0.3) is 0 Å². The normalized spacial score (nSPS) is 3.25. The molecule has 0 radical (unpaired) electrons. The Bertz CT molecular complexity index is 6.00. The van der Waals surface area contributed by atoms with Gasteiger partial charge in [0.1, 0.15) is 0 Å². The van der Waals surface area contributed by atoms with Gasteiger partial charge in [-0.3, -0.25) is 10.5 Å². The Hall–Kier alpha value is 0.729. The number of rotatable bonds is 0. The van der Waals surface area contributed by atoms with Crippen LogP contribution in [0.4, 0.5) is 0 Å². The second-order valence-electron chi connectivity index (χ2n) is 0. The summed E-state index contributed by atoms with van der Waals surface area (Å²) in [5.74, 6) is 0. The van der Waals surface area contributed by atoms with E-state index >= 15 is 0 Å². The van der Waals surface area contributed by atoms with Gasteiger partial charge in [-0.1, -0.05) is 0 Å². The van der Waals surface area contributed by atoms with Crippen molar-refractivity contribution in [1.29, 1.82) is 0 Å². The fourth-order valence-electron chi connectivity index (χ4n) is 0. The van der Waals surface area contributed by atoms with E-state index in [1.54, 1.807) is 0 Å². The number of halogens is 1. The molecule has 4 heteroatoms. The molecule has 0 aliphatic carbocycles. The molecule has 0 aromatic carbocycles. The van der Waals surface area contributed by atoms with Crippen molar-refractivity contribution >= 4 is 10.1 Å². The molecule has 0 unspecified atom stereocenters. The number of hydrogen-bond donors (Lipinski definition) is 2. The van der Waals surface area contributed by atoms with Crippen LogP contribution in [0.15, 0.2) is 0 Å². The second kappa shape index (κ2) is 52.2. The first-order valence-corrected chi connectivity index (χ1v) is 1.61. The summed E-state index contributed by atoms with van der Waals surface area (Å²) < 4.78 is 0. The molecule has 0 heterocycles. The van der Waals surface area contributed by atoms with E-state index in [-0.39, 0.29) is 0 Å². The van der Waals surface area contributed by atoms with Crippen molar-refractivity contribution in [3.63, 3.8) is 0 Å². The summed E-state index contributed by atoms with van der Waals surface area (Å²) in [6.45, 7) is 0. The predicted octanol–water partition coefficient (Wildman–Crippen LogP) is 0.704. The monoisotopic (exact) mass is 132 g/mol. The quantitative estimate of drug-likeness (QED) is 0.290. The Labute approximate surface area is 36.4 Å². The SMILES string of the molecule is OO.[Cl][Cu]. The molecule has 2 nitrogen and oxygen atoms in total. The van der Waals surface area contributed by atoms with E-state index in [2.05, 4.69) is 25.2 Å². The molecule has 0 atom stereocenters. The van der Waals surface area contributed by atoms with Crippen molar-refractivity contribution in [1.82, 2.24) is 0 Å². The Balaban J connectivity index is 0. The zero-order valence-corrected chi connectivity index (χ0v) is 3.27. The molecule has 0 fully saturated rings. The van der Waals surface area contributed by atoms with Crippen molar-refractivity contribution in [2.45, 2.75) is 0 Å². The van der Waals surface area contributed by atoms with Crippen LogP contribution in [-0.2, 0) is 15.1 Å². The second-order valence-corrected chi connectivity index (χ2v) is 0. The summed E-state index contributed by atoms with van der Waals surface area (Å²) in [5.41, 5.74) is 0. The van der Waals surface area contributed by atoms with Crippen LogP contribution in [0.2, 0.25) is 0 Å². The van der Waals surface area contributed by atoms with Crippen LogP contribution in [0, 0.1) is 0 Å². The Morgan fingerprint density at radius 2 is 1.25 bits per heavy atom. The maximum atomic E-state index is 6.00. The Morgan fingerprint density at radius 1 is 1.25 bits per heavy atom. The molecular weight excluding hydrogens is 131 g/mol. The molecule has 0 amide bonds. The van der Waals surface area contributed by atoms with Gasteiger partial charge in [0.15, 0.2) is 0 Å². The van der Waals surface area contributed by atoms with E-state index in [1.165, 1.54) is 0 Å². The average Bonchev–Trinajstić information content (AvgIpc) is 1.50. The van der Waals surface area contributed by atoms with E-state index in [0.29, 0.717) is 0 Å². The molecule has 0 spiro atoms. The van der Waals surface area contributed by atoms with Crippen LogP contribution in [0.3, 0.4) is 0 Å². The van der Waals surface area contributed by atoms with Crippen molar-refractivity contribution in [3.05, 3.63) is 0 Å². The predicted molar refractivity (Wildman–Crippen MR) is 11.1 cm³/mol. The fraction of sp³-hybridized carbons (Fsp3) is 0. The van der Waals surface area contributed by atoms with Gasteiger partial charge in [-0.15, -0.1) is 0 Å². The van der Waals surface area contributed by atoms with Gasteiger partial charge >= 0.3 is 25.2 Å². The Kier molecular flexibility index (Phi) is 115. The molecule has 0 rings (SSSR count). The fourth-order valence-corrected chi connectivity index (χ4v) is 0. The molecule has 4 heavy (non-hydrogen) atoms. The molecule has 0 saturated heterocycles. The summed E-state index contributed by atoms with van der Waals surface area (Å²) in [6, 6.07) is 0. The minimum atomic E-state index is 3.66. The standard InChI is InChI=1S/ClH.Cu.H2O2/c;;1-2/h1H;;1-2H/q;+1;/p-1. The molecule has 0 aromatic heterocycles. The van der Waals surface area contributed by atoms with Gasteiger partial charge in [-0.05, 0) is 0 Å². The van der Waals surface area contributed by atoms with E-state index < -0.39 is 0 Å². The zero-order chi connectivity index (χ0) is 4.00. The van der Waals surface area contributed by atoms with Gasteiger partial charge in [0, 0.05) is 0 Å². The third kappa shape index (κ3) is 15.3. The van der Waals surface area contributed by atoms with E-state index in [1.807, 2.05) is 0 Å². The van der Waals surface area contributed by atoms with Crippen LogP contribution in [0.1, 0.15) is 0 Å². The van der Waals surface area contributed by atoms with Crippen LogP contribution in [-0.4, -0.2) is 10.5 Å². The summed E-state index contributed by atoms with van der Waals surface area (Å²) in [5, 5.41) is 12.0. The molecule has 0 aliphatic heterocycles. The van der Waals surface area contributed by atoms with Crippen LogP contribution in [0.25, 0.3) is 0 Å². The average molecular weight is 133 g/mol. The van der Waals surface area contributed by atoms with Crippen LogP contribution < -0.4 is 0 Å². The molecule has 2 N–H and O–H groups in total. The van der Waals surface area contributed by atoms with Crippen molar-refractivity contribution in [3.8, 4) is 0 Å². The Morgan fingerprint density at radius 3 is 1.25 bits per heavy atom. The summed E-state index contributed by atoms with van der Waals surface area (Å²) in [4.78, 5) is 0. The van der Waals surface area contributed by atoms with E-state index in [4.69, 9.17) is 10.5 Å². The molecule has 0 bridgehead atoms. The molecule has 32 valence electrons. The van der Waals surface area contributed by atoms with Crippen molar-refractivity contribution in [2.24, 2.45) is 0 Å². The molecule has 0 saturated carbocycles. The first-order valence-electron chi connectivity index (χ1n) is 0.314. The van der Waals surface area contributed by atoms with Gasteiger partial charge in [0.05, 0.1) is 0 Å². The van der Waals surface area contributed by atoms with Crippen molar-refractivity contribution < 1.29 is 25.6 Å². The number of hydrogen-bond acceptors (Lipinski definition) is 2. The molecule has 0 aromatic rings. The topological polar surface area (TPSA) is 40.5 Å². The van der Waals surface area contributed by atoms with Gasteiger partial charge < -0.3 is 0 Å². The van der Waals surface area contributed by atoms with Crippen LogP contribution >= 0.6 is 10.1 Å². The summed E-state index contributed by atoms with van der Waals surface area (Å²) >= 11 is 3.66. The third-order valence-corrected chi connectivity index (χ3v) is 0. The van der Waals surface area contributed by atoms with Crippen LogP contribution in [0.5, 0.6) is 0 Å². The van der Waals surface area contributed by atoms with E-state index in [0.717, 1.165) is 0 Å². The van der Waals surface area contributed by atoms with Gasteiger partial charge in [-0.2, -0.15) is 0 Å². The van der Waals surface area contributed by atoms with Gasteiger partial charge in [0.2, 0.25) is 0 Å². The van der Waals surface area contributed by atoms with E-state index in [9.17, 15) is 0 Å². The molecular formula is H2ClCuO2. The first kappa shape index (κ1) is 8.83. The third-order valence-electron chi connectivity index (χ3n) is 0. The molecule has 0 aliphatic rings. The minimum absolute atomic E-state index is 3.66. The summed E-state index contributed by atoms with van der Waals surface area (Å²) in [6.07, 6.45) is 0. The maximum absolute atomic E-state index is 6.00. The van der Waals surface area contributed by atoms with Gasteiger partial charge in [-0.25, -0.2) is 0 Å². The zero-order valence-electron chi connectivity index (χ0n) is 1.57. The van der Waals surface area contributed by atoms with Crippen molar-refractivity contribution in [2.75, 3.05) is 0 Å². The summed E-state index contributed by atoms with van der Waals surface area (Å²) in [7, 11) is 4.20.